The van der Waals surface area contributed by atoms with Crippen molar-refractivity contribution in [3.63, 3.8) is 0 Å². The summed E-state index contributed by atoms with van der Waals surface area (Å²) in [7, 11) is 0. The molecule has 0 radical (unpaired) electrons. The summed E-state index contributed by atoms with van der Waals surface area (Å²) in [4.78, 5) is 15.7. The minimum atomic E-state index is -0.575. The Balaban J connectivity index is 1.34. The fourth-order valence-electron chi connectivity index (χ4n) is 5.05. The number of hydrogen-bond acceptors (Lipinski definition) is 3. The Hall–Kier alpha value is -2.40. The van der Waals surface area contributed by atoms with Gasteiger partial charge in [0.2, 0.25) is 5.91 Å². The second-order valence-electron chi connectivity index (χ2n) is 9.00. The quantitative estimate of drug-likeness (QED) is 0.635. The molecule has 166 valence electrons. The summed E-state index contributed by atoms with van der Waals surface area (Å²) in [5, 5.41) is 3.08. The third-order valence-corrected chi connectivity index (χ3v) is 6.99. The van der Waals surface area contributed by atoms with Crippen LogP contribution < -0.4 is 10.1 Å². The number of rotatable bonds is 7. The van der Waals surface area contributed by atoms with E-state index in [-0.39, 0.29) is 11.7 Å². The molecule has 1 N–H and O–H groups in total. The highest BCUT2D eigenvalue weighted by molar-refractivity contribution is 5.99. The molecule has 2 aliphatic rings. The summed E-state index contributed by atoms with van der Waals surface area (Å²) in [6, 6.07) is 14.6. The smallest absolute Gasteiger partial charge is 0.235 e. The molecule has 5 heteroatoms. The minimum Gasteiger partial charge on any atom is -0.492 e. The van der Waals surface area contributed by atoms with Crippen molar-refractivity contribution in [2.75, 3.05) is 25.0 Å². The van der Waals surface area contributed by atoms with Crippen LogP contribution in [0.5, 0.6) is 5.75 Å². The maximum atomic E-state index is 13.4. The van der Waals surface area contributed by atoms with Crippen LogP contribution in [-0.2, 0) is 10.2 Å². The molecule has 0 spiro atoms. The highest BCUT2D eigenvalue weighted by Crippen LogP contribution is 2.42. The van der Waals surface area contributed by atoms with Crippen molar-refractivity contribution in [3.8, 4) is 5.75 Å². The van der Waals surface area contributed by atoms with Crippen LogP contribution in [0.2, 0.25) is 0 Å². The number of halogens is 1. The molecule has 1 heterocycles. The van der Waals surface area contributed by atoms with Crippen LogP contribution in [0.3, 0.4) is 0 Å². The fraction of sp³-hybridized carbons (Fsp3) is 0.500. The molecule has 1 saturated heterocycles. The third kappa shape index (κ3) is 5.09. The average Bonchev–Trinajstić information content (AvgIpc) is 3.28. The lowest BCUT2D eigenvalue weighted by Gasteiger charge is -2.33. The molecule has 4 rings (SSSR count). The minimum absolute atomic E-state index is 0.00985. The Bertz CT molecular complexity index is 860. The molecule has 2 aromatic rings. The first-order chi connectivity index (χ1) is 15.1. The summed E-state index contributed by atoms with van der Waals surface area (Å²) in [5.41, 5.74) is 1.08. The van der Waals surface area contributed by atoms with Gasteiger partial charge in [-0.25, -0.2) is 4.39 Å². The van der Waals surface area contributed by atoms with E-state index >= 15 is 0 Å². The first kappa shape index (κ1) is 21.8. The normalized spacial score (nSPS) is 21.0. The predicted octanol–water partition coefficient (Wildman–Crippen LogP) is 5.53. The van der Waals surface area contributed by atoms with Gasteiger partial charge in [0.1, 0.15) is 18.2 Å². The van der Waals surface area contributed by atoms with E-state index in [4.69, 9.17) is 4.74 Å². The maximum Gasteiger partial charge on any atom is 0.235 e. The summed E-state index contributed by atoms with van der Waals surface area (Å²) in [5.74, 6) is 0.531. The molecule has 31 heavy (non-hydrogen) atoms. The molecule has 1 amide bonds. The van der Waals surface area contributed by atoms with Crippen molar-refractivity contribution in [1.82, 2.24) is 4.90 Å². The maximum absolute atomic E-state index is 13.4. The topological polar surface area (TPSA) is 41.6 Å². The number of nitrogens with one attached hydrogen (secondary N) is 1. The first-order valence-corrected chi connectivity index (χ1v) is 11.6. The van der Waals surface area contributed by atoms with Crippen LogP contribution in [0.15, 0.2) is 48.5 Å². The van der Waals surface area contributed by atoms with Crippen LogP contribution in [0.1, 0.15) is 57.4 Å². The van der Waals surface area contributed by atoms with Gasteiger partial charge in [0, 0.05) is 18.3 Å². The van der Waals surface area contributed by atoms with E-state index in [1.165, 1.54) is 31.4 Å². The molecule has 1 saturated carbocycles. The van der Waals surface area contributed by atoms with Crippen LogP contribution in [-0.4, -0.2) is 36.5 Å². The summed E-state index contributed by atoms with van der Waals surface area (Å²) in [6.45, 7) is 5.06. The van der Waals surface area contributed by atoms with Crippen molar-refractivity contribution in [3.05, 3.63) is 59.9 Å². The van der Waals surface area contributed by atoms with E-state index in [1.807, 2.05) is 24.3 Å². The van der Waals surface area contributed by atoms with E-state index in [1.54, 1.807) is 12.1 Å². The van der Waals surface area contributed by atoms with Gasteiger partial charge in [-0.2, -0.15) is 0 Å². The van der Waals surface area contributed by atoms with Gasteiger partial charge in [0.15, 0.2) is 0 Å². The van der Waals surface area contributed by atoms with Crippen molar-refractivity contribution in [2.24, 2.45) is 0 Å². The zero-order chi connectivity index (χ0) is 21.7. The van der Waals surface area contributed by atoms with Crippen LogP contribution in [0, 0.1) is 5.82 Å². The molecule has 4 nitrogen and oxygen atoms in total. The zero-order valence-corrected chi connectivity index (χ0v) is 18.4. The number of carbonyl (C=O) groups excluding carboxylic acids is 1. The predicted molar refractivity (Wildman–Crippen MR) is 122 cm³/mol. The third-order valence-electron chi connectivity index (χ3n) is 6.99. The monoisotopic (exact) mass is 424 g/mol. The molecular formula is C26H33FN2O2. The Morgan fingerprint density at radius 3 is 2.45 bits per heavy atom. The number of hydrogen-bond donors (Lipinski definition) is 1. The van der Waals surface area contributed by atoms with E-state index < -0.39 is 5.41 Å². The van der Waals surface area contributed by atoms with E-state index in [0.29, 0.717) is 12.6 Å². The summed E-state index contributed by atoms with van der Waals surface area (Å²) < 4.78 is 19.3. The highest BCUT2D eigenvalue weighted by Gasteiger charge is 2.42. The first-order valence-electron chi connectivity index (χ1n) is 11.6. The van der Waals surface area contributed by atoms with Gasteiger partial charge in [-0.05, 0) is 81.1 Å². The van der Waals surface area contributed by atoms with Crippen LogP contribution in [0.4, 0.5) is 10.1 Å². The molecule has 1 unspecified atom stereocenters. The van der Waals surface area contributed by atoms with Crippen molar-refractivity contribution >= 4 is 11.6 Å². The average molecular weight is 425 g/mol. The SMILES string of the molecule is CC1CCCCN1CCOc1ccc(NC(=O)C2(c3ccc(F)cc3)CCCC2)cc1. The Kier molecular flexibility index (Phi) is 6.91. The van der Waals surface area contributed by atoms with Gasteiger partial charge in [-0.1, -0.05) is 31.4 Å². The van der Waals surface area contributed by atoms with E-state index in [2.05, 4.69) is 17.1 Å². The zero-order valence-electron chi connectivity index (χ0n) is 18.4. The summed E-state index contributed by atoms with van der Waals surface area (Å²) >= 11 is 0. The fourth-order valence-corrected chi connectivity index (χ4v) is 5.05. The number of piperidine rings is 1. The van der Waals surface area contributed by atoms with Crippen LogP contribution >= 0.6 is 0 Å². The standard InChI is InChI=1S/C26H33FN2O2/c1-20-6-2-5-17-29(20)18-19-31-24-13-11-23(12-14-24)28-25(30)26(15-3-4-16-26)21-7-9-22(27)10-8-21/h7-14,20H,2-6,15-19H2,1H3,(H,28,30). The molecule has 2 aromatic carbocycles. The number of carbonyl (C=O) groups is 1. The molecule has 1 aliphatic carbocycles. The van der Waals surface area contributed by atoms with Gasteiger partial charge in [0.25, 0.3) is 0 Å². The molecule has 1 aliphatic heterocycles. The molecular weight excluding hydrogens is 391 g/mol. The second kappa shape index (κ2) is 9.82. The molecule has 0 aromatic heterocycles. The number of likely N-dealkylation sites (tertiary alicyclic amines) is 1. The molecule has 0 bridgehead atoms. The van der Waals surface area contributed by atoms with Crippen LogP contribution in [0.25, 0.3) is 0 Å². The van der Waals surface area contributed by atoms with Gasteiger partial charge in [-0.15, -0.1) is 0 Å². The van der Waals surface area contributed by atoms with E-state index in [9.17, 15) is 9.18 Å². The number of anilines is 1. The lowest BCUT2D eigenvalue weighted by atomic mass is 9.78. The molecule has 1 atom stereocenters. The second-order valence-corrected chi connectivity index (χ2v) is 9.00. The number of amides is 1. The van der Waals surface area contributed by atoms with Gasteiger partial charge in [0.05, 0.1) is 5.41 Å². The van der Waals surface area contributed by atoms with Crippen molar-refractivity contribution < 1.29 is 13.9 Å². The molecule has 2 fully saturated rings. The lowest BCUT2D eigenvalue weighted by molar-refractivity contribution is -0.121. The van der Waals surface area contributed by atoms with Gasteiger partial charge >= 0.3 is 0 Å². The van der Waals surface area contributed by atoms with E-state index in [0.717, 1.165) is 55.8 Å². The Morgan fingerprint density at radius 2 is 1.77 bits per heavy atom. The summed E-state index contributed by atoms with van der Waals surface area (Å²) in [6.07, 6.45) is 7.47. The number of ether oxygens (including phenoxy) is 1. The number of benzene rings is 2. The number of nitrogens with zero attached hydrogens (tertiary/aromatic N) is 1. The lowest BCUT2D eigenvalue weighted by Crippen LogP contribution is -2.39. The largest absolute Gasteiger partial charge is 0.492 e. The van der Waals surface area contributed by atoms with Gasteiger partial charge < -0.3 is 10.1 Å². The Morgan fingerprint density at radius 1 is 1.06 bits per heavy atom. The van der Waals surface area contributed by atoms with Crippen molar-refractivity contribution in [1.29, 1.82) is 0 Å². The Labute approximate surface area is 184 Å². The van der Waals surface area contributed by atoms with Gasteiger partial charge in [-0.3, -0.25) is 9.69 Å². The van der Waals surface area contributed by atoms with Crippen molar-refractivity contribution in [2.45, 2.75) is 63.3 Å². The highest BCUT2D eigenvalue weighted by atomic mass is 19.1.